The number of aliphatic hydroxyl groups is 1. The number of hydrogen-bond donors (Lipinski definition) is 1. The molecule has 3 nitrogen and oxygen atoms in total. The van der Waals surface area contributed by atoms with E-state index in [1.54, 1.807) is 0 Å². The van der Waals surface area contributed by atoms with Gasteiger partial charge in [-0.15, -0.1) is 0 Å². The average molecular weight is 227 g/mol. The molecule has 3 heteroatoms. The van der Waals surface area contributed by atoms with Crippen molar-refractivity contribution in [3.05, 3.63) is 0 Å². The number of nitrogens with zero attached hydrogens (tertiary/aromatic N) is 1. The summed E-state index contributed by atoms with van der Waals surface area (Å²) in [6.45, 7) is 9.28. The number of ether oxygens (including phenoxy) is 1. The minimum absolute atomic E-state index is 0.0569. The topological polar surface area (TPSA) is 32.7 Å². The van der Waals surface area contributed by atoms with Gasteiger partial charge in [-0.3, -0.25) is 4.90 Å². The molecule has 1 saturated heterocycles. The molecule has 0 amide bonds. The van der Waals surface area contributed by atoms with Gasteiger partial charge in [-0.25, -0.2) is 0 Å². The van der Waals surface area contributed by atoms with E-state index in [1.165, 1.54) is 6.42 Å². The molecule has 0 bridgehead atoms. The van der Waals surface area contributed by atoms with Gasteiger partial charge in [0.05, 0.1) is 18.3 Å². The molecule has 3 atom stereocenters. The molecule has 3 unspecified atom stereocenters. The van der Waals surface area contributed by atoms with Gasteiger partial charge in [0.15, 0.2) is 0 Å². The summed E-state index contributed by atoms with van der Waals surface area (Å²) in [6, 6.07) is 0.354. The van der Waals surface area contributed by atoms with Crippen LogP contribution in [0.3, 0.4) is 0 Å². The number of rotatable bonds is 1. The maximum Gasteiger partial charge on any atom is 0.0753 e. The maximum atomic E-state index is 10.1. The van der Waals surface area contributed by atoms with Crippen LogP contribution in [0.5, 0.6) is 0 Å². The predicted molar refractivity (Wildman–Crippen MR) is 64.4 cm³/mol. The fraction of sp³-hybridized carbons (Fsp3) is 1.00. The standard InChI is InChI=1S/C13H25NO2/c1-10-4-5-12(15)11(8-10)14-6-7-16-13(2,3)9-14/h10-12,15H,4-9H2,1-3H3. The van der Waals surface area contributed by atoms with Gasteiger partial charge in [0.2, 0.25) is 0 Å². The van der Waals surface area contributed by atoms with Gasteiger partial charge in [-0.05, 0) is 39.0 Å². The average Bonchev–Trinajstić information content (AvgIpc) is 2.20. The van der Waals surface area contributed by atoms with Crippen LogP contribution in [0.15, 0.2) is 0 Å². The van der Waals surface area contributed by atoms with Crippen molar-refractivity contribution in [2.45, 2.75) is 57.8 Å². The van der Waals surface area contributed by atoms with Crippen LogP contribution in [0, 0.1) is 5.92 Å². The van der Waals surface area contributed by atoms with Gasteiger partial charge in [0.1, 0.15) is 0 Å². The van der Waals surface area contributed by atoms with E-state index in [-0.39, 0.29) is 11.7 Å². The second-order valence-corrected chi connectivity index (χ2v) is 6.13. The molecule has 0 spiro atoms. The Bertz CT molecular complexity index is 242. The molecule has 2 rings (SSSR count). The monoisotopic (exact) mass is 227 g/mol. The predicted octanol–water partition coefficient (Wildman–Crippen LogP) is 1.65. The molecule has 1 aliphatic heterocycles. The molecule has 1 N–H and O–H groups in total. The number of hydrogen-bond acceptors (Lipinski definition) is 3. The van der Waals surface area contributed by atoms with Crippen molar-refractivity contribution in [2.75, 3.05) is 19.7 Å². The van der Waals surface area contributed by atoms with Gasteiger partial charge < -0.3 is 9.84 Å². The van der Waals surface area contributed by atoms with Crippen molar-refractivity contribution in [3.8, 4) is 0 Å². The van der Waals surface area contributed by atoms with Gasteiger partial charge >= 0.3 is 0 Å². The molecular weight excluding hydrogens is 202 g/mol. The molecule has 1 saturated carbocycles. The number of morpholine rings is 1. The lowest BCUT2D eigenvalue weighted by molar-refractivity contribution is -0.118. The Morgan fingerprint density at radius 1 is 1.31 bits per heavy atom. The SMILES string of the molecule is CC1CCC(O)C(N2CCOC(C)(C)C2)C1. The number of aliphatic hydroxyl groups excluding tert-OH is 1. The Labute approximate surface area is 98.8 Å². The lowest BCUT2D eigenvalue weighted by atomic mass is 9.83. The third-order valence-corrected chi connectivity index (χ3v) is 3.97. The molecule has 0 aromatic carbocycles. The van der Waals surface area contributed by atoms with Gasteiger partial charge in [0.25, 0.3) is 0 Å². The Hall–Kier alpha value is -0.120. The second-order valence-electron chi connectivity index (χ2n) is 6.13. The first kappa shape index (κ1) is 12.3. The molecule has 2 fully saturated rings. The van der Waals surface area contributed by atoms with Crippen LogP contribution < -0.4 is 0 Å². The van der Waals surface area contributed by atoms with Crippen LogP contribution in [0.4, 0.5) is 0 Å². The van der Waals surface area contributed by atoms with E-state index in [9.17, 15) is 5.11 Å². The van der Waals surface area contributed by atoms with E-state index in [1.807, 2.05) is 0 Å². The highest BCUT2D eigenvalue weighted by Crippen LogP contribution is 2.30. The summed E-state index contributed by atoms with van der Waals surface area (Å²) in [7, 11) is 0. The van der Waals surface area contributed by atoms with Crippen molar-refractivity contribution in [1.82, 2.24) is 4.90 Å². The zero-order valence-electron chi connectivity index (χ0n) is 10.8. The lowest BCUT2D eigenvalue weighted by Gasteiger charge is -2.46. The van der Waals surface area contributed by atoms with Crippen LogP contribution in [0.25, 0.3) is 0 Å². The molecule has 0 radical (unpaired) electrons. The maximum absolute atomic E-state index is 10.1. The summed E-state index contributed by atoms with van der Waals surface area (Å²) in [5.74, 6) is 0.749. The van der Waals surface area contributed by atoms with Gasteiger partial charge in [-0.1, -0.05) is 6.92 Å². The summed E-state index contributed by atoms with van der Waals surface area (Å²) >= 11 is 0. The van der Waals surface area contributed by atoms with Crippen molar-refractivity contribution in [1.29, 1.82) is 0 Å². The molecule has 94 valence electrons. The third-order valence-electron chi connectivity index (χ3n) is 3.97. The summed E-state index contributed by atoms with van der Waals surface area (Å²) in [5, 5.41) is 10.1. The normalized spacial score (nSPS) is 40.9. The first-order valence-electron chi connectivity index (χ1n) is 6.54. The summed E-state index contributed by atoms with van der Waals surface area (Å²) < 4.78 is 5.73. The molecule has 2 aliphatic rings. The van der Waals surface area contributed by atoms with Crippen molar-refractivity contribution in [3.63, 3.8) is 0 Å². The zero-order chi connectivity index (χ0) is 11.8. The minimum Gasteiger partial charge on any atom is -0.391 e. The first-order valence-corrected chi connectivity index (χ1v) is 6.54. The molecule has 0 aromatic rings. The largest absolute Gasteiger partial charge is 0.391 e. The second kappa shape index (κ2) is 4.63. The highest BCUT2D eigenvalue weighted by Gasteiger charge is 2.36. The highest BCUT2D eigenvalue weighted by molar-refractivity contribution is 4.90. The fourth-order valence-electron chi connectivity index (χ4n) is 3.06. The summed E-state index contributed by atoms with van der Waals surface area (Å²) in [5.41, 5.74) is -0.0569. The van der Waals surface area contributed by atoms with Crippen molar-refractivity contribution < 1.29 is 9.84 Å². The fourth-order valence-corrected chi connectivity index (χ4v) is 3.06. The first-order chi connectivity index (χ1) is 7.48. The van der Waals surface area contributed by atoms with Crippen molar-refractivity contribution in [2.24, 2.45) is 5.92 Å². The third kappa shape index (κ3) is 2.76. The lowest BCUT2D eigenvalue weighted by Crippen LogP contribution is -2.56. The van der Waals surface area contributed by atoms with E-state index in [2.05, 4.69) is 25.7 Å². The quantitative estimate of drug-likeness (QED) is 0.739. The van der Waals surface area contributed by atoms with Gasteiger partial charge in [-0.2, -0.15) is 0 Å². The van der Waals surface area contributed by atoms with E-state index < -0.39 is 0 Å². The Morgan fingerprint density at radius 3 is 2.75 bits per heavy atom. The van der Waals surface area contributed by atoms with E-state index in [4.69, 9.17) is 4.74 Å². The molecule has 1 aliphatic carbocycles. The van der Waals surface area contributed by atoms with Crippen LogP contribution in [0.2, 0.25) is 0 Å². The van der Waals surface area contributed by atoms with E-state index in [0.29, 0.717) is 6.04 Å². The highest BCUT2D eigenvalue weighted by atomic mass is 16.5. The molecule has 16 heavy (non-hydrogen) atoms. The molecular formula is C13H25NO2. The van der Waals surface area contributed by atoms with E-state index in [0.717, 1.165) is 38.5 Å². The zero-order valence-corrected chi connectivity index (χ0v) is 10.8. The molecule has 1 heterocycles. The van der Waals surface area contributed by atoms with Crippen LogP contribution in [-0.2, 0) is 4.74 Å². The van der Waals surface area contributed by atoms with E-state index >= 15 is 0 Å². The smallest absolute Gasteiger partial charge is 0.0753 e. The van der Waals surface area contributed by atoms with Gasteiger partial charge in [0, 0.05) is 19.1 Å². The Balaban J connectivity index is 1.99. The molecule has 0 aromatic heterocycles. The summed E-state index contributed by atoms with van der Waals surface area (Å²) in [6.07, 6.45) is 3.14. The minimum atomic E-state index is -0.134. The van der Waals surface area contributed by atoms with Crippen LogP contribution >= 0.6 is 0 Å². The Kier molecular flexibility index (Phi) is 3.57. The summed E-state index contributed by atoms with van der Waals surface area (Å²) in [4.78, 5) is 2.43. The van der Waals surface area contributed by atoms with Crippen molar-refractivity contribution >= 4 is 0 Å². The van der Waals surface area contributed by atoms with Crippen LogP contribution in [0.1, 0.15) is 40.0 Å². The Morgan fingerprint density at radius 2 is 2.06 bits per heavy atom. The van der Waals surface area contributed by atoms with Crippen LogP contribution in [-0.4, -0.2) is 47.4 Å².